The minimum Gasteiger partial charge on any atom is -0.444 e. The Morgan fingerprint density at radius 3 is 2.59 bits per heavy atom. The zero-order chi connectivity index (χ0) is 24.1. The molecule has 2 aliphatic rings. The van der Waals surface area contributed by atoms with Crippen molar-refractivity contribution in [2.75, 3.05) is 59.8 Å². The van der Waals surface area contributed by atoms with E-state index in [1.807, 2.05) is 39.8 Å². The van der Waals surface area contributed by atoms with Crippen LogP contribution in [0.15, 0.2) is 24.7 Å². The van der Waals surface area contributed by atoms with Crippen LogP contribution >= 0.6 is 0 Å². The maximum absolute atomic E-state index is 12.1. The molecular weight excluding hydrogens is 434 g/mol. The van der Waals surface area contributed by atoms with Gasteiger partial charge in [-0.3, -0.25) is 5.32 Å². The Labute approximate surface area is 201 Å². The number of anilines is 4. The standard InChI is InChI=1S/C24H35N7O3/c1-17-12-21(25-14-19(17)29-23(32)34-24(2,3)4)31-7-5-6-18(15-31)28-20-13-22(27-16-26-20)30-8-10-33-11-9-30/h12-14,16,18H,5-11,15H2,1-4H3,(H,29,32)(H,26,27,28)/t18-/m1/s1. The first kappa shape index (κ1) is 24.0. The summed E-state index contributed by atoms with van der Waals surface area (Å²) < 4.78 is 10.8. The fourth-order valence-corrected chi connectivity index (χ4v) is 4.16. The van der Waals surface area contributed by atoms with Gasteiger partial charge in [0, 0.05) is 38.3 Å². The first-order valence-corrected chi connectivity index (χ1v) is 11.9. The Morgan fingerprint density at radius 1 is 1.09 bits per heavy atom. The van der Waals surface area contributed by atoms with Crippen molar-refractivity contribution in [3.05, 3.63) is 30.2 Å². The number of nitrogens with zero attached hydrogens (tertiary/aromatic N) is 5. The number of piperidine rings is 1. The smallest absolute Gasteiger partial charge is 0.412 e. The Bertz CT molecular complexity index is 989. The van der Waals surface area contributed by atoms with E-state index in [-0.39, 0.29) is 6.04 Å². The van der Waals surface area contributed by atoms with Crippen LogP contribution in [-0.4, -0.2) is 72.1 Å². The predicted molar refractivity (Wildman–Crippen MR) is 133 cm³/mol. The molecule has 2 N–H and O–H groups in total. The number of carbonyl (C=O) groups is 1. The van der Waals surface area contributed by atoms with Gasteiger partial charge in [-0.25, -0.2) is 19.7 Å². The lowest BCUT2D eigenvalue weighted by molar-refractivity contribution is 0.0635. The summed E-state index contributed by atoms with van der Waals surface area (Å²) in [6.45, 7) is 12.4. The quantitative estimate of drug-likeness (QED) is 0.681. The zero-order valence-corrected chi connectivity index (χ0v) is 20.5. The average Bonchev–Trinajstić information content (AvgIpc) is 2.80. The van der Waals surface area contributed by atoms with Crippen LogP contribution in [-0.2, 0) is 9.47 Å². The Morgan fingerprint density at radius 2 is 1.85 bits per heavy atom. The van der Waals surface area contributed by atoms with Gasteiger partial charge in [0.25, 0.3) is 0 Å². The molecule has 2 fully saturated rings. The molecule has 0 radical (unpaired) electrons. The number of nitrogens with one attached hydrogen (secondary N) is 2. The molecule has 2 aliphatic heterocycles. The highest BCUT2D eigenvalue weighted by atomic mass is 16.6. The van der Waals surface area contributed by atoms with Crippen LogP contribution in [0.5, 0.6) is 0 Å². The molecular formula is C24H35N7O3. The predicted octanol–water partition coefficient (Wildman–Crippen LogP) is 3.44. The van der Waals surface area contributed by atoms with E-state index in [9.17, 15) is 4.79 Å². The van der Waals surface area contributed by atoms with Gasteiger partial charge in [-0.05, 0) is 52.2 Å². The van der Waals surface area contributed by atoms with E-state index in [2.05, 4.69) is 35.4 Å². The van der Waals surface area contributed by atoms with Crippen molar-refractivity contribution in [3.8, 4) is 0 Å². The van der Waals surface area contributed by atoms with Crippen molar-refractivity contribution in [1.82, 2.24) is 15.0 Å². The van der Waals surface area contributed by atoms with Crippen molar-refractivity contribution < 1.29 is 14.3 Å². The van der Waals surface area contributed by atoms with Crippen molar-refractivity contribution in [2.45, 2.75) is 52.2 Å². The largest absolute Gasteiger partial charge is 0.444 e. The fraction of sp³-hybridized carbons (Fsp3) is 0.583. The Balaban J connectivity index is 1.37. The molecule has 4 heterocycles. The van der Waals surface area contributed by atoms with Gasteiger partial charge in [-0.2, -0.15) is 0 Å². The molecule has 2 aromatic heterocycles. The summed E-state index contributed by atoms with van der Waals surface area (Å²) >= 11 is 0. The topological polar surface area (TPSA) is 105 Å². The van der Waals surface area contributed by atoms with Crippen LogP contribution in [0.4, 0.5) is 27.9 Å². The molecule has 2 aromatic rings. The molecule has 10 heteroatoms. The molecule has 0 aliphatic carbocycles. The van der Waals surface area contributed by atoms with Crippen LogP contribution in [0.3, 0.4) is 0 Å². The number of amides is 1. The van der Waals surface area contributed by atoms with Crippen LogP contribution in [0.2, 0.25) is 0 Å². The second-order valence-corrected chi connectivity index (χ2v) is 9.77. The number of morpholine rings is 1. The van der Waals surface area contributed by atoms with Gasteiger partial charge >= 0.3 is 6.09 Å². The Kier molecular flexibility index (Phi) is 7.35. The highest BCUT2D eigenvalue weighted by molar-refractivity contribution is 5.85. The number of aromatic nitrogens is 3. The molecule has 0 aromatic carbocycles. The van der Waals surface area contributed by atoms with E-state index in [0.29, 0.717) is 5.69 Å². The summed E-state index contributed by atoms with van der Waals surface area (Å²) in [6.07, 6.45) is 4.95. The number of aryl methyl sites for hydroxylation is 1. The van der Waals surface area contributed by atoms with Gasteiger partial charge in [0.2, 0.25) is 0 Å². The molecule has 0 spiro atoms. The second kappa shape index (κ2) is 10.4. The number of ether oxygens (including phenoxy) is 2. The van der Waals surface area contributed by atoms with Crippen molar-refractivity contribution in [3.63, 3.8) is 0 Å². The Hall–Kier alpha value is -3.14. The van der Waals surface area contributed by atoms with Gasteiger partial charge in [0.15, 0.2) is 0 Å². The monoisotopic (exact) mass is 469 g/mol. The van der Waals surface area contributed by atoms with Crippen LogP contribution in [0.25, 0.3) is 0 Å². The maximum atomic E-state index is 12.1. The van der Waals surface area contributed by atoms with E-state index in [4.69, 9.17) is 9.47 Å². The summed E-state index contributed by atoms with van der Waals surface area (Å²) in [5.41, 5.74) is 1.05. The molecule has 1 atom stereocenters. The second-order valence-electron chi connectivity index (χ2n) is 9.77. The normalized spacial score (nSPS) is 19.0. The summed E-state index contributed by atoms with van der Waals surface area (Å²) in [6, 6.07) is 4.28. The molecule has 0 bridgehead atoms. The van der Waals surface area contributed by atoms with Crippen molar-refractivity contribution in [1.29, 1.82) is 0 Å². The zero-order valence-electron chi connectivity index (χ0n) is 20.5. The third-order valence-electron chi connectivity index (χ3n) is 5.82. The van der Waals surface area contributed by atoms with Gasteiger partial charge < -0.3 is 24.6 Å². The highest BCUT2D eigenvalue weighted by Crippen LogP contribution is 2.25. The van der Waals surface area contributed by atoms with Crippen LogP contribution in [0.1, 0.15) is 39.2 Å². The minimum absolute atomic E-state index is 0.253. The first-order chi connectivity index (χ1) is 16.3. The molecule has 184 valence electrons. The summed E-state index contributed by atoms with van der Waals surface area (Å²) in [4.78, 5) is 30.1. The third-order valence-corrected chi connectivity index (χ3v) is 5.82. The number of pyridine rings is 1. The fourth-order valence-electron chi connectivity index (χ4n) is 4.16. The average molecular weight is 470 g/mol. The SMILES string of the molecule is Cc1cc(N2CCC[C@@H](Nc3cc(N4CCOCC4)ncn3)C2)ncc1NC(=O)OC(C)(C)C. The molecule has 34 heavy (non-hydrogen) atoms. The first-order valence-electron chi connectivity index (χ1n) is 11.9. The van der Waals surface area contributed by atoms with Gasteiger partial charge in [0.1, 0.15) is 29.4 Å². The molecule has 2 saturated heterocycles. The number of carbonyl (C=O) groups excluding carboxylic acids is 1. The summed E-state index contributed by atoms with van der Waals surface area (Å²) in [5, 5.41) is 6.37. The number of hydrogen-bond donors (Lipinski definition) is 2. The van der Waals surface area contributed by atoms with E-state index < -0.39 is 11.7 Å². The minimum atomic E-state index is -0.548. The molecule has 10 nitrogen and oxygen atoms in total. The highest BCUT2D eigenvalue weighted by Gasteiger charge is 2.23. The maximum Gasteiger partial charge on any atom is 0.412 e. The summed E-state index contributed by atoms with van der Waals surface area (Å²) in [7, 11) is 0. The number of rotatable bonds is 5. The number of hydrogen-bond acceptors (Lipinski definition) is 9. The van der Waals surface area contributed by atoms with Crippen molar-refractivity contribution >= 4 is 29.2 Å². The van der Waals surface area contributed by atoms with E-state index in [1.165, 1.54) is 0 Å². The molecule has 1 amide bonds. The van der Waals surface area contributed by atoms with Gasteiger partial charge in [-0.1, -0.05) is 0 Å². The lowest BCUT2D eigenvalue weighted by Gasteiger charge is -2.34. The van der Waals surface area contributed by atoms with Gasteiger partial charge in [0.05, 0.1) is 25.1 Å². The molecule has 0 unspecified atom stereocenters. The van der Waals surface area contributed by atoms with Crippen molar-refractivity contribution in [2.24, 2.45) is 0 Å². The van der Waals surface area contributed by atoms with E-state index >= 15 is 0 Å². The lowest BCUT2D eigenvalue weighted by atomic mass is 10.1. The third kappa shape index (κ3) is 6.47. The van der Waals surface area contributed by atoms with Crippen LogP contribution in [0, 0.1) is 6.92 Å². The molecule has 0 saturated carbocycles. The molecule has 4 rings (SSSR count). The lowest BCUT2D eigenvalue weighted by Crippen LogP contribution is -2.42. The van der Waals surface area contributed by atoms with Gasteiger partial charge in [-0.15, -0.1) is 0 Å². The van der Waals surface area contributed by atoms with E-state index in [0.717, 1.165) is 75.3 Å². The van der Waals surface area contributed by atoms with Crippen LogP contribution < -0.4 is 20.4 Å². The van der Waals surface area contributed by atoms with E-state index in [1.54, 1.807) is 12.5 Å². The summed E-state index contributed by atoms with van der Waals surface area (Å²) in [5.74, 6) is 2.67.